The second-order valence-corrected chi connectivity index (χ2v) is 4.55. The fraction of sp³-hybridized carbons (Fsp3) is 0. The zero-order valence-corrected chi connectivity index (χ0v) is 11.3. The number of phenolic OH excluding ortho intramolecular Hbond substituents is 1. The van der Waals surface area contributed by atoms with Crippen LogP contribution in [-0.2, 0) is 0 Å². The molecule has 21 heavy (non-hydrogen) atoms. The highest BCUT2D eigenvalue weighted by Crippen LogP contribution is 2.20. The summed E-state index contributed by atoms with van der Waals surface area (Å²) >= 11 is 0. The van der Waals surface area contributed by atoms with E-state index in [1.807, 2.05) is 30.5 Å². The average Bonchev–Trinajstić information content (AvgIpc) is 2.56. The van der Waals surface area contributed by atoms with Crippen LogP contribution in [0.1, 0.15) is 0 Å². The number of rotatable bonds is 0. The lowest BCUT2D eigenvalue weighted by molar-refractivity contribution is 0.475. The van der Waals surface area contributed by atoms with Gasteiger partial charge in [-0.1, -0.05) is 30.3 Å². The molecule has 0 atom stereocenters. The number of para-hydroxylation sites is 1. The summed E-state index contributed by atoms with van der Waals surface area (Å²) in [6, 6.07) is 20.8. The molecule has 2 aromatic heterocycles. The summed E-state index contributed by atoms with van der Waals surface area (Å²) in [6.45, 7) is 0. The summed E-state index contributed by atoms with van der Waals surface area (Å²) in [5, 5.41) is 10.9. The minimum absolute atomic E-state index is 0.322. The summed E-state index contributed by atoms with van der Waals surface area (Å²) in [5.41, 5.74) is 2.02. The molecule has 0 bridgehead atoms. The van der Waals surface area contributed by atoms with E-state index in [2.05, 4.69) is 28.2 Å². The first-order valence-corrected chi connectivity index (χ1v) is 6.67. The van der Waals surface area contributed by atoms with Gasteiger partial charge in [-0.25, -0.2) is 0 Å². The van der Waals surface area contributed by atoms with E-state index in [1.54, 1.807) is 30.5 Å². The van der Waals surface area contributed by atoms with Crippen LogP contribution in [0, 0.1) is 0 Å². The fourth-order valence-corrected chi connectivity index (χ4v) is 2.12. The molecule has 2 heterocycles. The molecular formula is C18H14N2O. The number of fused-ring (bicyclic) bond motifs is 3. The van der Waals surface area contributed by atoms with E-state index in [0.717, 1.165) is 21.8 Å². The third-order valence-electron chi connectivity index (χ3n) is 3.11. The SMILES string of the molecule is Oc1ccccc1.c1cnc2c(c1)ccc1ncccc12. The molecule has 0 spiro atoms. The van der Waals surface area contributed by atoms with Crippen molar-refractivity contribution >= 4 is 21.8 Å². The molecule has 0 radical (unpaired) electrons. The summed E-state index contributed by atoms with van der Waals surface area (Å²) in [7, 11) is 0. The smallest absolute Gasteiger partial charge is 0.115 e. The Kier molecular flexibility index (Phi) is 3.74. The number of aromatic nitrogens is 2. The summed E-state index contributed by atoms with van der Waals surface area (Å²) in [5.74, 6) is 0.322. The predicted octanol–water partition coefficient (Wildman–Crippen LogP) is 4.18. The Hall–Kier alpha value is -2.94. The molecule has 102 valence electrons. The van der Waals surface area contributed by atoms with Crippen molar-refractivity contribution in [1.29, 1.82) is 0 Å². The monoisotopic (exact) mass is 274 g/mol. The highest BCUT2D eigenvalue weighted by molar-refractivity contribution is 6.03. The van der Waals surface area contributed by atoms with Crippen LogP contribution in [-0.4, -0.2) is 15.1 Å². The van der Waals surface area contributed by atoms with E-state index in [4.69, 9.17) is 5.11 Å². The molecule has 0 fully saturated rings. The quantitative estimate of drug-likeness (QED) is 0.489. The lowest BCUT2D eigenvalue weighted by atomic mass is 10.1. The molecule has 0 saturated heterocycles. The minimum atomic E-state index is 0.322. The number of phenols is 1. The van der Waals surface area contributed by atoms with Crippen molar-refractivity contribution in [2.24, 2.45) is 0 Å². The summed E-state index contributed by atoms with van der Waals surface area (Å²) < 4.78 is 0. The third-order valence-corrected chi connectivity index (χ3v) is 3.11. The van der Waals surface area contributed by atoms with Gasteiger partial charge in [0.1, 0.15) is 5.75 Å². The lowest BCUT2D eigenvalue weighted by Crippen LogP contribution is -1.82. The molecule has 0 aliphatic rings. The van der Waals surface area contributed by atoms with Gasteiger partial charge in [-0.3, -0.25) is 9.97 Å². The Balaban J connectivity index is 0.000000160. The van der Waals surface area contributed by atoms with Crippen LogP contribution in [0.2, 0.25) is 0 Å². The molecule has 1 N–H and O–H groups in total. The van der Waals surface area contributed by atoms with Crippen molar-refractivity contribution in [3.05, 3.63) is 79.1 Å². The zero-order valence-electron chi connectivity index (χ0n) is 11.3. The Morgan fingerprint density at radius 1 is 0.667 bits per heavy atom. The van der Waals surface area contributed by atoms with Crippen LogP contribution >= 0.6 is 0 Å². The van der Waals surface area contributed by atoms with Gasteiger partial charge in [0.05, 0.1) is 11.0 Å². The first kappa shape index (κ1) is 13.1. The van der Waals surface area contributed by atoms with Crippen LogP contribution in [0.25, 0.3) is 21.8 Å². The zero-order chi connectivity index (χ0) is 14.5. The van der Waals surface area contributed by atoms with Gasteiger partial charge >= 0.3 is 0 Å². The van der Waals surface area contributed by atoms with Gasteiger partial charge in [0.2, 0.25) is 0 Å². The van der Waals surface area contributed by atoms with Gasteiger partial charge in [0, 0.05) is 23.2 Å². The molecule has 3 nitrogen and oxygen atoms in total. The number of hydrogen-bond donors (Lipinski definition) is 1. The Morgan fingerprint density at radius 3 is 2.19 bits per heavy atom. The van der Waals surface area contributed by atoms with Gasteiger partial charge in [-0.05, 0) is 36.4 Å². The topological polar surface area (TPSA) is 46.0 Å². The predicted molar refractivity (Wildman–Crippen MR) is 85.2 cm³/mol. The van der Waals surface area contributed by atoms with Crippen LogP contribution in [0.3, 0.4) is 0 Å². The van der Waals surface area contributed by atoms with Crippen LogP contribution in [0.5, 0.6) is 5.75 Å². The molecule has 3 heteroatoms. The Morgan fingerprint density at radius 2 is 1.43 bits per heavy atom. The van der Waals surface area contributed by atoms with Gasteiger partial charge < -0.3 is 5.11 Å². The Labute approximate surface area is 122 Å². The molecule has 0 amide bonds. The van der Waals surface area contributed by atoms with Crippen LogP contribution in [0.4, 0.5) is 0 Å². The molecule has 0 saturated carbocycles. The van der Waals surface area contributed by atoms with Crippen molar-refractivity contribution in [3.63, 3.8) is 0 Å². The first-order valence-electron chi connectivity index (χ1n) is 6.67. The third kappa shape index (κ3) is 2.98. The minimum Gasteiger partial charge on any atom is -0.508 e. The highest BCUT2D eigenvalue weighted by Gasteiger charge is 1.99. The number of aromatic hydroxyl groups is 1. The largest absolute Gasteiger partial charge is 0.508 e. The van der Waals surface area contributed by atoms with Gasteiger partial charge in [-0.2, -0.15) is 0 Å². The van der Waals surface area contributed by atoms with Gasteiger partial charge in [-0.15, -0.1) is 0 Å². The van der Waals surface area contributed by atoms with Crippen molar-refractivity contribution in [1.82, 2.24) is 9.97 Å². The normalized spacial score (nSPS) is 10.1. The van der Waals surface area contributed by atoms with E-state index in [9.17, 15) is 0 Å². The summed E-state index contributed by atoms with van der Waals surface area (Å²) in [4.78, 5) is 8.66. The summed E-state index contributed by atoms with van der Waals surface area (Å²) in [6.07, 6.45) is 3.62. The molecular weight excluding hydrogens is 260 g/mol. The molecule has 4 rings (SSSR count). The fourth-order valence-electron chi connectivity index (χ4n) is 2.12. The second kappa shape index (κ2) is 6.01. The van der Waals surface area contributed by atoms with E-state index < -0.39 is 0 Å². The Bertz CT molecular complexity index is 805. The van der Waals surface area contributed by atoms with Gasteiger partial charge in [0.25, 0.3) is 0 Å². The lowest BCUT2D eigenvalue weighted by Gasteiger charge is -2.00. The maximum Gasteiger partial charge on any atom is 0.115 e. The van der Waals surface area contributed by atoms with E-state index in [-0.39, 0.29) is 0 Å². The molecule has 0 aliphatic heterocycles. The van der Waals surface area contributed by atoms with Gasteiger partial charge in [0.15, 0.2) is 0 Å². The molecule has 4 aromatic rings. The van der Waals surface area contributed by atoms with Crippen molar-refractivity contribution in [2.75, 3.05) is 0 Å². The average molecular weight is 274 g/mol. The molecule has 0 unspecified atom stereocenters. The standard InChI is InChI=1S/C12H8N2.C6H6O/c1-3-9-5-6-11-10(4-2-7-13-11)12(9)14-8-1;7-6-4-2-1-3-5-6/h1-8H;1-5,7H. The van der Waals surface area contributed by atoms with Crippen molar-refractivity contribution in [3.8, 4) is 5.75 Å². The number of pyridine rings is 2. The maximum absolute atomic E-state index is 8.63. The first-order chi connectivity index (χ1) is 10.3. The molecule has 2 aromatic carbocycles. The number of nitrogens with zero attached hydrogens (tertiary/aromatic N) is 2. The maximum atomic E-state index is 8.63. The van der Waals surface area contributed by atoms with Crippen LogP contribution in [0.15, 0.2) is 79.1 Å². The highest BCUT2D eigenvalue weighted by atomic mass is 16.3. The van der Waals surface area contributed by atoms with E-state index in [1.165, 1.54) is 0 Å². The van der Waals surface area contributed by atoms with E-state index >= 15 is 0 Å². The molecule has 0 aliphatic carbocycles. The van der Waals surface area contributed by atoms with Crippen molar-refractivity contribution in [2.45, 2.75) is 0 Å². The van der Waals surface area contributed by atoms with E-state index in [0.29, 0.717) is 5.75 Å². The van der Waals surface area contributed by atoms with Crippen LogP contribution < -0.4 is 0 Å². The number of hydrogen-bond acceptors (Lipinski definition) is 3. The number of benzene rings is 2. The second-order valence-electron chi connectivity index (χ2n) is 4.55. The van der Waals surface area contributed by atoms with Crippen molar-refractivity contribution < 1.29 is 5.11 Å².